The van der Waals surface area contributed by atoms with Crippen LogP contribution in [-0.2, 0) is 5.41 Å². The quantitative estimate of drug-likeness (QED) is 0.451. The molecule has 1 aromatic carbocycles. The largest absolute Gasteiger partial charge is 0.269 e. The maximum absolute atomic E-state index is 10.8. The number of nitrogens with zero attached hydrogens (tertiary/aromatic N) is 1. The van der Waals surface area contributed by atoms with Gasteiger partial charge in [-0.2, -0.15) is 0 Å². The molecule has 1 aromatic rings. The maximum Gasteiger partial charge on any atom is 0.269 e. The highest BCUT2D eigenvalue weighted by atomic mass is 79.9. The van der Waals surface area contributed by atoms with Gasteiger partial charge in [-0.3, -0.25) is 10.1 Å². The van der Waals surface area contributed by atoms with Gasteiger partial charge in [0.2, 0.25) is 0 Å². The minimum Gasteiger partial charge on any atom is -0.258 e. The normalized spacial score (nSPS) is 41.9. The number of nitro benzene ring substituents is 1. The molecular formula is C16H18BrNO2. The lowest BCUT2D eigenvalue weighted by Crippen LogP contribution is -2.54. The molecule has 20 heavy (non-hydrogen) atoms. The lowest BCUT2D eigenvalue weighted by Gasteiger charge is -2.60. The summed E-state index contributed by atoms with van der Waals surface area (Å²) < 4.78 is 0.332. The Bertz CT molecular complexity index is 554. The maximum atomic E-state index is 10.8. The molecule has 0 aliphatic heterocycles. The Morgan fingerprint density at radius 2 is 1.70 bits per heavy atom. The molecular weight excluding hydrogens is 318 g/mol. The van der Waals surface area contributed by atoms with Gasteiger partial charge < -0.3 is 0 Å². The van der Waals surface area contributed by atoms with Crippen molar-refractivity contribution in [1.82, 2.24) is 0 Å². The molecule has 4 fully saturated rings. The van der Waals surface area contributed by atoms with Crippen molar-refractivity contribution in [3.05, 3.63) is 39.9 Å². The highest BCUT2D eigenvalue weighted by molar-refractivity contribution is 9.10. The van der Waals surface area contributed by atoms with E-state index in [2.05, 4.69) is 15.9 Å². The lowest BCUT2D eigenvalue weighted by molar-refractivity contribution is -0.384. The molecule has 0 spiro atoms. The first kappa shape index (κ1) is 12.8. The van der Waals surface area contributed by atoms with E-state index in [1.807, 2.05) is 12.1 Å². The van der Waals surface area contributed by atoms with E-state index in [-0.39, 0.29) is 16.0 Å². The average Bonchev–Trinajstić information content (AvgIpc) is 2.36. The van der Waals surface area contributed by atoms with Gasteiger partial charge >= 0.3 is 0 Å². The summed E-state index contributed by atoms with van der Waals surface area (Å²) in [4.78, 5) is 10.5. The topological polar surface area (TPSA) is 43.1 Å². The molecule has 2 unspecified atom stereocenters. The van der Waals surface area contributed by atoms with Crippen LogP contribution >= 0.6 is 15.9 Å². The van der Waals surface area contributed by atoms with Gasteiger partial charge in [0.25, 0.3) is 5.69 Å². The van der Waals surface area contributed by atoms with Gasteiger partial charge in [-0.15, -0.1) is 0 Å². The van der Waals surface area contributed by atoms with Crippen LogP contribution in [0.25, 0.3) is 0 Å². The number of hydrogen-bond donors (Lipinski definition) is 0. The number of non-ortho nitro benzene ring substituents is 1. The van der Waals surface area contributed by atoms with Crippen LogP contribution in [0.1, 0.15) is 44.1 Å². The van der Waals surface area contributed by atoms with Crippen molar-refractivity contribution in [3.8, 4) is 0 Å². The molecule has 4 aliphatic rings. The molecule has 3 nitrogen and oxygen atoms in total. The van der Waals surface area contributed by atoms with Gasteiger partial charge in [-0.1, -0.05) is 28.1 Å². The fourth-order valence-electron chi connectivity index (χ4n) is 5.43. The van der Waals surface area contributed by atoms with Gasteiger partial charge in [-0.25, -0.2) is 0 Å². The third kappa shape index (κ3) is 1.84. The Hall–Kier alpha value is -0.900. The van der Waals surface area contributed by atoms with Gasteiger partial charge in [0.15, 0.2) is 0 Å². The summed E-state index contributed by atoms with van der Waals surface area (Å²) in [5.74, 6) is 1.68. The minimum absolute atomic E-state index is 0.201. The van der Waals surface area contributed by atoms with Crippen LogP contribution in [0.5, 0.6) is 0 Å². The number of rotatable bonds is 2. The van der Waals surface area contributed by atoms with Crippen molar-refractivity contribution in [2.45, 2.75) is 48.3 Å². The van der Waals surface area contributed by atoms with Crippen LogP contribution < -0.4 is 0 Å². The van der Waals surface area contributed by atoms with E-state index in [1.165, 1.54) is 44.1 Å². The number of hydrogen-bond acceptors (Lipinski definition) is 2. The molecule has 106 valence electrons. The molecule has 0 saturated heterocycles. The molecule has 4 atom stereocenters. The summed E-state index contributed by atoms with van der Waals surface area (Å²) in [6.45, 7) is 0. The van der Waals surface area contributed by atoms with Crippen molar-refractivity contribution in [2.24, 2.45) is 11.8 Å². The molecule has 0 radical (unpaired) electrons. The van der Waals surface area contributed by atoms with Crippen molar-refractivity contribution >= 4 is 21.6 Å². The first-order chi connectivity index (χ1) is 9.48. The van der Waals surface area contributed by atoms with Crippen molar-refractivity contribution in [1.29, 1.82) is 0 Å². The van der Waals surface area contributed by atoms with Crippen LogP contribution in [-0.4, -0.2) is 9.25 Å². The molecule has 4 heteroatoms. The lowest BCUT2D eigenvalue weighted by atomic mass is 9.48. The predicted octanol–water partition coefficient (Wildman–Crippen LogP) is 4.58. The highest BCUT2D eigenvalue weighted by Gasteiger charge is 2.57. The van der Waals surface area contributed by atoms with Gasteiger partial charge in [0.1, 0.15) is 0 Å². The second-order valence-corrected chi connectivity index (χ2v) is 8.88. The summed E-state index contributed by atoms with van der Waals surface area (Å²) in [5, 5.41) is 10.8. The van der Waals surface area contributed by atoms with E-state index in [0.717, 1.165) is 11.8 Å². The molecule has 4 aliphatic carbocycles. The monoisotopic (exact) mass is 335 g/mol. The van der Waals surface area contributed by atoms with Crippen LogP contribution in [0.4, 0.5) is 5.69 Å². The van der Waals surface area contributed by atoms with E-state index in [4.69, 9.17) is 0 Å². The van der Waals surface area contributed by atoms with Gasteiger partial charge in [-0.05, 0) is 61.3 Å². The fourth-order valence-corrected chi connectivity index (χ4v) is 6.88. The highest BCUT2D eigenvalue weighted by Crippen LogP contribution is 2.64. The standard InChI is InChI=1S/C16H18BrNO2/c17-16-8-11-5-12(9-16)7-15(6-11,10-16)13-1-3-14(4-2-13)18(19)20/h1-4,11-12H,5-10H2/t11-,12+,15?,16?. The smallest absolute Gasteiger partial charge is 0.258 e. The summed E-state index contributed by atoms with van der Waals surface area (Å²) in [7, 11) is 0. The first-order valence-corrected chi connectivity index (χ1v) is 8.21. The molecule has 0 heterocycles. The van der Waals surface area contributed by atoms with Crippen LogP contribution in [0, 0.1) is 22.0 Å². The predicted molar refractivity (Wildman–Crippen MR) is 81.1 cm³/mol. The van der Waals surface area contributed by atoms with Crippen LogP contribution in [0.2, 0.25) is 0 Å². The fraction of sp³-hybridized carbons (Fsp3) is 0.625. The number of alkyl halides is 1. The third-order valence-electron chi connectivity index (χ3n) is 5.68. The summed E-state index contributed by atoms with van der Waals surface area (Å²) >= 11 is 4.02. The van der Waals surface area contributed by atoms with Crippen molar-refractivity contribution in [2.75, 3.05) is 0 Å². The average molecular weight is 336 g/mol. The van der Waals surface area contributed by atoms with E-state index in [9.17, 15) is 10.1 Å². The van der Waals surface area contributed by atoms with E-state index in [1.54, 1.807) is 12.1 Å². The number of nitro groups is 1. The molecule has 4 bridgehead atoms. The summed E-state index contributed by atoms with van der Waals surface area (Å²) in [6, 6.07) is 7.35. The Kier molecular flexibility index (Phi) is 2.60. The first-order valence-electron chi connectivity index (χ1n) is 7.42. The second kappa shape index (κ2) is 4.06. The van der Waals surface area contributed by atoms with Crippen LogP contribution in [0.15, 0.2) is 24.3 Å². The molecule has 0 aromatic heterocycles. The molecule has 5 rings (SSSR count). The van der Waals surface area contributed by atoms with Crippen LogP contribution in [0.3, 0.4) is 0 Å². The Morgan fingerprint density at radius 1 is 1.10 bits per heavy atom. The van der Waals surface area contributed by atoms with E-state index >= 15 is 0 Å². The molecule has 0 N–H and O–H groups in total. The Morgan fingerprint density at radius 3 is 2.20 bits per heavy atom. The summed E-state index contributed by atoms with van der Waals surface area (Å²) in [5.41, 5.74) is 1.79. The Labute approximate surface area is 127 Å². The van der Waals surface area contributed by atoms with Crippen molar-refractivity contribution in [3.63, 3.8) is 0 Å². The zero-order chi connectivity index (χ0) is 14.0. The molecule has 4 saturated carbocycles. The number of benzene rings is 1. The van der Waals surface area contributed by atoms with E-state index < -0.39 is 0 Å². The zero-order valence-corrected chi connectivity index (χ0v) is 12.9. The number of halogens is 1. The summed E-state index contributed by atoms with van der Waals surface area (Å²) in [6.07, 6.45) is 7.77. The zero-order valence-electron chi connectivity index (χ0n) is 11.3. The Balaban J connectivity index is 1.72. The van der Waals surface area contributed by atoms with Gasteiger partial charge in [0, 0.05) is 16.5 Å². The second-order valence-electron chi connectivity index (χ2n) is 7.20. The SMILES string of the molecule is O=[N+]([O-])c1ccc(C23C[C@@H]4C[C@@H](CC(Br)(C4)C2)C3)cc1. The van der Waals surface area contributed by atoms with E-state index in [0.29, 0.717) is 4.32 Å². The van der Waals surface area contributed by atoms with Gasteiger partial charge in [0.05, 0.1) is 4.92 Å². The third-order valence-corrected chi connectivity index (χ3v) is 6.61. The van der Waals surface area contributed by atoms with Crippen molar-refractivity contribution < 1.29 is 4.92 Å². The minimum atomic E-state index is -0.310. The molecule has 0 amide bonds.